The lowest BCUT2D eigenvalue weighted by atomic mass is 9.91. The van der Waals surface area contributed by atoms with Crippen LogP contribution >= 0.6 is 0 Å². The maximum absolute atomic E-state index is 12.9. The van der Waals surface area contributed by atoms with Gasteiger partial charge in [-0.3, -0.25) is 14.5 Å². The zero-order chi connectivity index (χ0) is 41.4. The first-order valence-electron chi connectivity index (χ1n) is 25.4. The Hall–Kier alpha value is -1.18. The SMILES string of the molecule is CCCCCCCCC(CCCCCC)COC(=O)CCCCN(CCCCC(=O)OCC(CCCCCC)CCCCCCCC)CCN(CCO)C1CCC1. The van der Waals surface area contributed by atoms with Crippen molar-refractivity contribution in [3.8, 4) is 0 Å². The Labute approximate surface area is 354 Å². The molecule has 0 aromatic rings. The zero-order valence-electron chi connectivity index (χ0n) is 38.7. The van der Waals surface area contributed by atoms with Gasteiger partial charge in [0, 0.05) is 38.5 Å². The van der Waals surface area contributed by atoms with E-state index in [2.05, 4.69) is 37.5 Å². The van der Waals surface area contributed by atoms with E-state index in [9.17, 15) is 14.7 Å². The topological polar surface area (TPSA) is 79.3 Å². The summed E-state index contributed by atoms with van der Waals surface area (Å²) in [6.45, 7) is 15.0. The third-order valence-electron chi connectivity index (χ3n) is 12.7. The van der Waals surface area contributed by atoms with Gasteiger partial charge in [0.15, 0.2) is 0 Å². The van der Waals surface area contributed by atoms with Gasteiger partial charge >= 0.3 is 11.9 Å². The molecule has 7 nitrogen and oxygen atoms in total. The average molecular weight is 807 g/mol. The molecule has 0 spiro atoms. The van der Waals surface area contributed by atoms with Gasteiger partial charge in [0.1, 0.15) is 0 Å². The Morgan fingerprint density at radius 1 is 0.491 bits per heavy atom. The molecule has 1 N–H and O–H groups in total. The lowest BCUT2D eigenvalue weighted by Gasteiger charge is -2.38. The second-order valence-electron chi connectivity index (χ2n) is 18.0. The van der Waals surface area contributed by atoms with E-state index in [1.54, 1.807) is 0 Å². The minimum absolute atomic E-state index is 0.0316. The van der Waals surface area contributed by atoms with Crippen LogP contribution in [0.1, 0.15) is 240 Å². The highest BCUT2D eigenvalue weighted by molar-refractivity contribution is 5.69. The Morgan fingerprint density at radius 3 is 1.25 bits per heavy atom. The van der Waals surface area contributed by atoms with Crippen molar-refractivity contribution in [1.29, 1.82) is 0 Å². The van der Waals surface area contributed by atoms with Gasteiger partial charge in [-0.15, -0.1) is 0 Å². The average Bonchev–Trinajstić information content (AvgIpc) is 3.19. The molecule has 7 heteroatoms. The molecule has 0 heterocycles. The van der Waals surface area contributed by atoms with Gasteiger partial charge in [-0.05, 0) is 89.1 Å². The molecule has 1 saturated carbocycles. The molecule has 57 heavy (non-hydrogen) atoms. The first kappa shape index (κ1) is 53.8. The summed E-state index contributed by atoms with van der Waals surface area (Å²) in [6.07, 6.45) is 39.0. The molecule has 1 aliphatic carbocycles. The Bertz CT molecular complexity index is 827. The van der Waals surface area contributed by atoms with Crippen LogP contribution in [-0.2, 0) is 19.1 Å². The number of ether oxygens (including phenoxy) is 2. The third kappa shape index (κ3) is 32.3. The number of carbonyl (C=O) groups is 2. The summed E-state index contributed by atoms with van der Waals surface area (Å²) >= 11 is 0. The smallest absolute Gasteiger partial charge is 0.305 e. The molecule has 0 aliphatic heterocycles. The summed E-state index contributed by atoms with van der Waals surface area (Å²) in [6, 6.07) is 0.608. The number of hydrogen-bond donors (Lipinski definition) is 1. The fourth-order valence-corrected chi connectivity index (χ4v) is 8.51. The number of hydrogen-bond acceptors (Lipinski definition) is 7. The molecule has 0 radical (unpaired) electrons. The Balaban J connectivity index is 2.53. The van der Waals surface area contributed by atoms with E-state index in [4.69, 9.17) is 9.47 Å². The van der Waals surface area contributed by atoms with Gasteiger partial charge in [0.05, 0.1) is 19.8 Å². The summed E-state index contributed by atoms with van der Waals surface area (Å²) in [5.74, 6) is 0.945. The maximum Gasteiger partial charge on any atom is 0.305 e. The van der Waals surface area contributed by atoms with E-state index in [1.165, 1.54) is 173 Å². The van der Waals surface area contributed by atoms with Crippen LogP contribution < -0.4 is 0 Å². The molecular weight excluding hydrogens is 709 g/mol. The summed E-state index contributed by atoms with van der Waals surface area (Å²) < 4.78 is 11.8. The molecule has 0 aromatic carbocycles. The summed E-state index contributed by atoms with van der Waals surface area (Å²) in [4.78, 5) is 30.7. The van der Waals surface area contributed by atoms with Crippen LogP contribution in [0.5, 0.6) is 0 Å². The van der Waals surface area contributed by atoms with Crippen molar-refractivity contribution in [1.82, 2.24) is 9.80 Å². The van der Waals surface area contributed by atoms with E-state index in [0.29, 0.717) is 43.9 Å². The van der Waals surface area contributed by atoms with Gasteiger partial charge in [-0.1, -0.05) is 163 Å². The van der Waals surface area contributed by atoms with Gasteiger partial charge in [0.2, 0.25) is 0 Å². The van der Waals surface area contributed by atoms with Crippen molar-refractivity contribution < 1.29 is 24.2 Å². The minimum atomic E-state index is -0.0316. The largest absolute Gasteiger partial charge is 0.465 e. The molecule has 2 unspecified atom stereocenters. The first-order valence-corrected chi connectivity index (χ1v) is 25.4. The lowest BCUT2D eigenvalue weighted by molar-refractivity contribution is -0.146. The molecule has 1 fully saturated rings. The lowest BCUT2D eigenvalue weighted by Crippen LogP contribution is -2.45. The van der Waals surface area contributed by atoms with Crippen LogP contribution in [-0.4, -0.2) is 85.4 Å². The van der Waals surface area contributed by atoms with Crippen LogP contribution in [0.4, 0.5) is 0 Å². The highest BCUT2D eigenvalue weighted by Crippen LogP contribution is 2.25. The number of carbonyl (C=O) groups excluding carboxylic acids is 2. The van der Waals surface area contributed by atoms with Crippen LogP contribution in [0.25, 0.3) is 0 Å². The van der Waals surface area contributed by atoms with Crippen molar-refractivity contribution >= 4 is 11.9 Å². The predicted molar refractivity (Wildman–Crippen MR) is 243 cm³/mol. The van der Waals surface area contributed by atoms with Crippen LogP contribution in [0, 0.1) is 11.8 Å². The van der Waals surface area contributed by atoms with Crippen LogP contribution in [0.2, 0.25) is 0 Å². The van der Waals surface area contributed by atoms with Crippen molar-refractivity contribution in [2.24, 2.45) is 11.8 Å². The Morgan fingerprint density at radius 2 is 0.877 bits per heavy atom. The number of esters is 2. The third-order valence-corrected chi connectivity index (χ3v) is 12.7. The van der Waals surface area contributed by atoms with Crippen LogP contribution in [0.3, 0.4) is 0 Å². The van der Waals surface area contributed by atoms with Gasteiger partial charge in [-0.2, -0.15) is 0 Å². The molecule has 0 aromatic heterocycles. The van der Waals surface area contributed by atoms with E-state index >= 15 is 0 Å². The number of unbranched alkanes of at least 4 members (excludes halogenated alkanes) is 18. The standard InChI is InChI=1S/C50H98N2O5/c1-5-9-13-17-19-23-32-46(30-21-15-11-7-3)44-56-49(54)36-25-27-38-51(40-41-52(42-43-53)48-34-29-35-48)39-28-26-37-50(55)57-45-47(31-22-16-12-8-4)33-24-20-18-14-10-6-2/h46-48,53H,5-45H2,1-4H3. The summed E-state index contributed by atoms with van der Waals surface area (Å²) in [7, 11) is 0. The number of rotatable bonds is 44. The van der Waals surface area contributed by atoms with Crippen molar-refractivity contribution in [3.05, 3.63) is 0 Å². The van der Waals surface area contributed by atoms with Crippen molar-refractivity contribution in [3.63, 3.8) is 0 Å². The van der Waals surface area contributed by atoms with E-state index < -0.39 is 0 Å². The highest BCUT2D eigenvalue weighted by atomic mass is 16.5. The molecular formula is C50H98N2O5. The molecule has 0 amide bonds. The number of aliphatic hydroxyl groups excluding tert-OH is 1. The monoisotopic (exact) mass is 807 g/mol. The van der Waals surface area contributed by atoms with E-state index in [-0.39, 0.29) is 18.5 Å². The molecule has 338 valence electrons. The van der Waals surface area contributed by atoms with Gasteiger partial charge in [-0.25, -0.2) is 0 Å². The summed E-state index contributed by atoms with van der Waals surface area (Å²) in [5, 5.41) is 9.73. The van der Waals surface area contributed by atoms with E-state index in [0.717, 1.165) is 58.4 Å². The van der Waals surface area contributed by atoms with Crippen LogP contribution in [0.15, 0.2) is 0 Å². The predicted octanol–water partition coefficient (Wildman–Crippen LogP) is 13.2. The fraction of sp³-hybridized carbons (Fsp3) is 0.960. The minimum Gasteiger partial charge on any atom is -0.465 e. The molecule has 0 saturated heterocycles. The highest BCUT2D eigenvalue weighted by Gasteiger charge is 2.24. The second kappa shape index (κ2) is 40.2. The molecule has 1 aliphatic rings. The molecule has 1 rings (SSSR count). The van der Waals surface area contributed by atoms with E-state index in [1.807, 2.05) is 0 Å². The molecule has 2 atom stereocenters. The number of nitrogens with zero attached hydrogens (tertiary/aromatic N) is 2. The first-order chi connectivity index (χ1) is 28.0. The fourth-order valence-electron chi connectivity index (χ4n) is 8.51. The van der Waals surface area contributed by atoms with Gasteiger partial charge < -0.3 is 19.5 Å². The van der Waals surface area contributed by atoms with Gasteiger partial charge in [0.25, 0.3) is 0 Å². The van der Waals surface area contributed by atoms with Crippen molar-refractivity contribution in [2.45, 2.75) is 246 Å². The number of aliphatic hydroxyl groups is 1. The quantitative estimate of drug-likeness (QED) is 0.0485. The molecule has 0 bridgehead atoms. The zero-order valence-corrected chi connectivity index (χ0v) is 38.7. The summed E-state index contributed by atoms with van der Waals surface area (Å²) in [5.41, 5.74) is 0. The van der Waals surface area contributed by atoms with Crippen molar-refractivity contribution in [2.75, 3.05) is 52.5 Å². The Kier molecular flexibility index (Phi) is 38.0. The normalized spacial score (nSPS) is 14.3. The second-order valence-corrected chi connectivity index (χ2v) is 18.0. The maximum atomic E-state index is 12.9.